The second kappa shape index (κ2) is 5.25. The fourth-order valence-corrected chi connectivity index (χ4v) is 2.83. The first kappa shape index (κ1) is 12.0. The maximum Gasteiger partial charge on any atom is 0.149 e. The van der Waals surface area contributed by atoms with E-state index in [1.807, 2.05) is 0 Å². The average Bonchev–Trinajstić information content (AvgIpc) is 2.72. The van der Waals surface area contributed by atoms with Crippen LogP contribution >= 0.6 is 0 Å². The highest BCUT2D eigenvalue weighted by Crippen LogP contribution is 2.25. The largest absolute Gasteiger partial charge is 0.377 e. The standard InChI is InChI=1S/C12H21NO3/c1-15-11-7-13(8-12(11)16-2)9-5-3-4-6-10(9)14/h9,11-12H,3-8H2,1-2H3. The zero-order valence-electron chi connectivity index (χ0n) is 10.1. The lowest BCUT2D eigenvalue weighted by Crippen LogP contribution is -2.42. The monoisotopic (exact) mass is 227 g/mol. The van der Waals surface area contributed by atoms with Gasteiger partial charge in [0.2, 0.25) is 0 Å². The molecule has 1 heterocycles. The Kier molecular flexibility index (Phi) is 3.95. The molecule has 0 N–H and O–H groups in total. The van der Waals surface area contributed by atoms with Crippen LogP contribution in [0.4, 0.5) is 0 Å². The number of carbonyl (C=O) groups excluding carboxylic acids is 1. The molecular weight excluding hydrogens is 206 g/mol. The van der Waals surface area contributed by atoms with Crippen molar-refractivity contribution in [2.24, 2.45) is 0 Å². The summed E-state index contributed by atoms with van der Waals surface area (Å²) in [7, 11) is 3.42. The van der Waals surface area contributed by atoms with Gasteiger partial charge in [-0.1, -0.05) is 6.42 Å². The Bertz CT molecular complexity index is 245. The number of methoxy groups -OCH3 is 2. The molecule has 1 aliphatic heterocycles. The zero-order chi connectivity index (χ0) is 11.5. The Morgan fingerprint density at radius 2 is 1.75 bits per heavy atom. The van der Waals surface area contributed by atoms with Crippen molar-refractivity contribution in [2.45, 2.75) is 43.9 Å². The molecule has 0 radical (unpaired) electrons. The van der Waals surface area contributed by atoms with E-state index >= 15 is 0 Å². The molecular formula is C12H21NO3. The van der Waals surface area contributed by atoms with Gasteiger partial charge in [0.25, 0.3) is 0 Å². The van der Waals surface area contributed by atoms with Gasteiger partial charge < -0.3 is 9.47 Å². The van der Waals surface area contributed by atoms with Crippen LogP contribution in [0.15, 0.2) is 0 Å². The highest BCUT2D eigenvalue weighted by Gasteiger charge is 2.39. The predicted octanol–water partition coefficient (Wildman–Crippen LogP) is 0.844. The topological polar surface area (TPSA) is 38.8 Å². The van der Waals surface area contributed by atoms with Gasteiger partial charge in [0.15, 0.2) is 0 Å². The average molecular weight is 227 g/mol. The van der Waals surface area contributed by atoms with Crippen molar-refractivity contribution in [1.29, 1.82) is 0 Å². The second-order valence-electron chi connectivity index (χ2n) is 4.73. The first-order valence-electron chi connectivity index (χ1n) is 6.08. The van der Waals surface area contributed by atoms with Crippen molar-refractivity contribution in [3.63, 3.8) is 0 Å². The van der Waals surface area contributed by atoms with Crippen LogP contribution in [0.2, 0.25) is 0 Å². The van der Waals surface area contributed by atoms with Crippen LogP contribution in [-0.2, 0) is 14.3 Å². The second-order valence-corrected chi connectivity index (χ2v) is 4.73. The number of Topliss-reactive ketones (excluding diaryl/α,β-unsaturated/α-hetero) is 1. The van der Waals surface area contributed by atoms with E-state index in [9.17, 15) is 4.79 Å². The molecule has 1 saturated carbocycles. The summed E-state index contributed by atoms with van der Waals surface area (Å²) in [4.78, 5) is 14.1. The molecule has 3 atom stereocenters. The van der Waals surface area contributed by atoms with E-state index in [0.717, 1.165) is 32.4 Å². The van der Waals surface area contributed by atoms with E-state index in [4.69, 9.17) is 9.47 Å². The minimum atomic E-state index is 0.111. The van der Waals surface area contributed by atoms with Crippen molar-refractivity contribution < 1.29 is 14.3 Å². The van der Waals surface area contributed by atoms with Crippen LogP contribution < -0.4 is 0 Å². The SMILES string of the molecule is COC1CN(C2CCCCC2=O)CC1OC. The Hall–Kier alpha value is -0.450. The minimum absolute atomic E-state index is 0.111. The smallest absolute Gasteiger partial charge is 0.149 e. The quantitative estimate of drug-likeness (QED) is 0.716. The third-order valence-electron chi connectivity index (χ3n) is 3.81. The molecule has 2 rings (SSSR count). The number of nitrogens with zero attached hydrogens (tertiary/aromatic N) is 1. The summed E-state index contributed by atoms with van der Waals surface area (Å²) in [6, 6.07) is 0.117. The van der Waals surface area contributed by atoms with E-state index in [1.54, 1.807) is 14.2 Å². The van der Waals surface area contributed by atoms with Crippen LogP contribution in [0, 0.1) is 0 Å². The van der Waals surface area contributed by atoms with Crippen LogP contribution in [0.5, 0.6) is 0 Å². The Morgan fingerprint density at radius 3 is 2.25 bits per heavy atom. The number of rotatable bonds is 3. The summed E-state index contributed by atoms with van der Waals surface area (Å²) in [6.45, 7) is 1.65. The first-order valence-corrected chi connectivity index (χ1v) is 6.08. The fraction of sp³-hybridized carbons (Fsp3) is 0.917. The molecule has 2 fully saturated rings. The van der Waals surface area contributed by atoms with E-state index in [-0.39, 0.29) is 18.2 Å². The molecule has 1 aliphatic carbocycles. The lowest BCUT2D eigenvalue weighted by Gasteiger charge is -2.29. The lowest BCUT2D eigenvalue weighted by molar-refractivity contribution is -0.126. The molecule has 0 aromatic heterocycles. The summed E-state index contributed by atoms with van der Waals surface area (Å²) in [5, 5.41) is 0. The molecule has 0 amide bonds. The molecule has 4 nitrogen and oxygen atoms in total. The first-order chi connectivity index (χ1) is 7.76. The molecule has 0 spiro atoms. The normalized spacial score (nSPS) is 36.9. The third kappa shape index (κ3) is 2.29. The Balaban J connectivity index is 1.98. The third-order valence-corrected chi connectivity index (χ3v) is 3.81. The maximum atomic E-state index is 11.8. The van der Waals surface area contributed by atoms with Gasteiger partial charge in [-0.3, -0.25) is 9.69 Å². The molecule has 0 aromatic rings. The zero-order valence-corrected chi connectivity index (χ0v) is 10.1. The number of hydrogen-bond donors (Lipinski definition) is 0. The number of hydrogen-bond acceptors (Lipinski definition) is 4. The van der Waals surface area contributed by atoms with Gasteiger partial charge in [-0.2, -0.15) is 0 Å². The Morgan fingerprint density at radius 1 is 1.12 bits per heavy atom. The van der Waals surface area contributed by atoms with Crippen molar-refractivity contribution in [3.05, 3.63) is 0 Å². The molecule has 92 valence electrons. The van der Waals surface area contributed by atoms with Crippen LogP contribution in [-0.4, -0.2) is 56.2 Å². The summed E-state index contributed by atoms with van der Waals surface area (Å²) in [6.07, 6.45) is 4.20. The predicted molar refractivity (Wildman–Crippen MR) is 60.4 cm³/mol. The van der Waals surface area contributed by atoms with E-state index < -0.39 is 0 Å². The van der Waals surface area contributed by atoms with Crippen molar-refractivity contribution in [1.82, 2.24) is 4.90 Å². The summed E-state index contributed by atoms with van der Waals surface area (Å²) in [5.41, 5.74) is 0. The molecule has 0 aromatic carbocycles. The van der Waals surface area contributed by atoms with Crippen LogP contribution in [0.3, 0.4) is 0 Å². The van der Waals surface area contributed by atoms with E-state index in [1.165, 1.54) is 6.42 Å². The van der Waals surface area contributed by atoms with Crippen molar-refractivity contribution in [2.75, 3.05) is 27.3 Å². The minimum Gasteiger partial charge on any atom is -0.377 e. The van der Waals surface area contributed by atoms with Gasteiger partial charge in [0, 0.05) is 33.7 Å². The lowest BCUT2D eigenvalue weighted by atomic mass is 9.93. The van der Waals surface area contributed by atoms with Crippen molar-refractivity contribution in [3.8, 4) is 0 Å². The molecule has 4 heteroatoms. The molecule has 16 heavy (non-hydrogen) atoms. The van der Waals surface area contributed by atoms with Crippen LogP contribution in [0.25, 0.3) is 0 Å². The van der Waals surface area contributed by atoms with Gasteiger partial charge in [-0.15, -0.1) is 0 Å². The number of ether oxygens (including phenoxy) is 2. The fourth-order valence-electron chi connectivity index (χ4n) is 2.83. The molecule has 0 bridgehead atoms. The summed E-state index contributed by atoms with van der Waals surface area (Å²) < 4.78 is 10.8. The van der Waals surface area contributed by atoms with Gasteiger partial charge in [-0.05, 0) is 12.8 Å². The molecule has 1 saturated heterocycles. The highest BCUT2D eigenvalue weighted by atomic mass is 16.5. The molecule has 3 unspecified atom stereocenters. The van der Waals surface area contributed by atoms with Crippen LogP contribution in [0.1, 0.15) is 25.7 Å². The summed E-state index contributed by atoms with van der Waals surface area (Å²) in [5.74, 6) is 0.401. The number of likely N-dealkylation sites (tertiary alicyclic amines) is 1. The van der Waals surface area contributed by atoms with Crippen molar-refractivity contribution >= 4 is 5.78 Å². The summed E-state index contributed by atoms with van der Waals surface area (Å²) >= 11 is 0. The van der Waals surface area contributed by atoms with Gasteiger partial charge in [-0.25, -0.2) is 0 Å². The van der Waals surface area contributed by atoms with Gasteiger partial charge in [0.1, 0.15) is 5.78 Å². The highest BCUT2D eigenvalue weighted by molar-refractivity contribution is 5.84. The van der Waals surface area contributed by atoms with E-state index in [2.05, 4.69) is 4.90 Å². The maximum absolute atomic E-state index is 11.8. The Labute approximate surface area is 96.9 Å². The molecule has 2 aliphatic rings. The number of ketones is 1. The van der Waals surface area contributed by atoms with Gasteiger partial charge >= 0.3 is 0 Å². The van der Waals surface area contributed by atoms with E-state index in [0.29, 0.717) is 5.78 Å². The number of carbonyl (C=O) groups is 1. The van der Waals surface area contributed by atoms with Gasteiger partial charge in [0.05, 0.1) is 18.2 Å².